The molecule has 2 aliphatic rings. The van der Waals surface area contributed by atoms with E-state index < -0.39 is 11.5 Å². The van der Waals surface area contributed by atoms with Crippen molar-refractivity contribution in [2.45, 2.75) is 63.8 Å². The number of carboxylic acid groups (broad SMARTS) is 1. The van der Waals surface area contributed by atoms with Crippen molar-refractivity contribution in [3.63, 3.8) is 0 Å². The lowest BCUT2D eigenvalue weighted by Gasteiger charge is -2.35. The van der Waals surface area contributed by atoms with Crippen molar-refractivity contribution in [1.29, 1.82) is 0 Å². The van der Waals surface area contributed by atoms with E-state index in [1.54, 1.807) is 0 Å². The van der Waals surface area contributed by atoms with Crippen LogP contribution in [0, 0.1) is 11.8 Å². The molecule has 1 amide bonds. The van der Waals surface area contributed by atoms with E-state index in [2.05, 4.69) is 5.32 Å². The summed E-state index contributed by atoms with van der Waals surface area (Å²) in [5.74, 6) is -0.559. The van der Waals surface area contributed by atoms with E-state index >= 15 is 0 Å². The lowest BCUT2D eigenvalue weighted by Crippen LogP contribution is -2.58. The predicted molar refractivity (Wildman–Crippen MR) is 78.9 cm³/mol. The van der Waals surface area contributed by atoms with Gasteiger partial charge in [-0.1, -0.05) is 39.0 Å². The van der Waals surface area contributed by atoms with E-state index in [0.29, 0.717) is 32.0 Å². The van der Waals surface area contributed by atoms with Gasteiger partial charge in [-0.15, -0.1) is 0 Å². The molecule has 2 rings (SSSR count). The van der Waals surface area contributed by atoms with Gasteiger partial charge in [0.25, 0.3) is 0 Å². The van der Waals surface area contributed by atoms with E-state index in [4.69, 9.17) is 4.74 Å². The van der Waals surface area contributed by atoms with Gasteiger partial charge >= 0.3 is 5.97 Å². The Balaban J connectivity index is 1.90. The lowest BCUT2D eigenvalue weighted by molar-refractivity contribution is -0.152. The summed E-state index contributed by atoms with van der Waals surface area (Å²) in [5.41, 5.74) is -1.13. The molecule has 0 aromatic carbocycles. The molecule has 1 aliphatic carbocycles. The highest BCUT2D eigenvalue weighted by molar-refractivity contribution is 5.88. The maximum atomic E-state index is 12.4. The van der Waals surface area contributed by atoms with Crippen molar-refractivity contribution in [3.8, 4) is 0 Å². The smallest absolute Gasteiger partial charge is 0.329 e. The minimum absolute atomic E-state index is 0.118. The van der Waals surface area contributed by atoms with Crippen LogP contribution in [0.4, 0.5) is 0 Å². The van der Waals surface area contributed by atoms with E-state index in [1.807, 2.05) is 6.92 Å². The molecule has 1 saturated heterocycles. The zero-order valence-corrected chi connectivity index (χ0v) is 12.9. The molecule has 0 aromatic heterocycles. The van der Waals surface area contributed by atoms with Gasteiger partial charge in [0.15, 0.2) is 0 Å². The van der Waals surface area contributed by atoms with E-state index in [9.17, 15) is 14.7 Å². The van der Waals surface area contributed by atoms with Crippen molar-refractivity contribution in [1.82, 2.24) is 5.32 Å². The van der Waals surface area contributed by atoms with Crippen LogP contribution in [0.15, 0.2) is 0 Å². The third-order valence-electron chi connectivity index (χ3n) is 4.98. The first-order valence-electron chi connectivity index (χ1n) is 8.17. The predicted octanol–water partition coefficient (Wildman–Crippen LogP) is 2.34. The minimum atomic E-state index is -1.13. The molecular formula is C16H27NO4. The molecule has 0 radical (unpaired) electrons. The Morgan fingerprint density at radius 3 is 2.43 bits per heavy atom. The molecule has 120 valence electrons. The maximum absolute atomic E-state index is 12.4. The van der Waals surface area contributed by atoms with E-state index in [0.717, 1.165) is 6.42 Å². The number of carbonyl (C=O) groups excluding carboxylic acids is 1. The fourth-order valence-corrected chi connectivity index (χ4v) is 3.50. The third-order valence-corrected chi connectivity index (χ3v) is 4.98. The van der Waals surface area contributed by atoms with Gasteiger partial charge < -0.3 is 15.2 Å². The molecule has 1 aliphatic heterocycles. The molecule has 2 fully saturated rings. The van der Waals surface area contributed by atoms with Gasteiger partial charge in [0.2, 0.25) is 5.91 Å². The van der Waals surface area contributed by atoms with Crippen LogP contribution in [0.5, 0.6) is 0 Å². The maximum Gasteiger partial charge on any atom is 0.329 e. The third kappa shape index (κ3) is 4.19. The molecule has 0 bridgehead atoms. The minimum Gasteiger partial charge on any atom is -0.480 e. The number of rotatable bonds is 5. The van der Waals surface area contributed by atoms with Crippen LogP contribution >= 0.6 is 0 Å². The van der Waals surface area contributed by atoms with Gasteiger partial charge in [0.05, 0.1) is 0 Å². The molecule has 1 unspecified atom stereocenters. The highest BCUT2D eigenvalue weighted by Crippen LogP contribution is 2.29. The monoisotopic (exact) mass is 297 g/mol. The molecule has 1 saturated carbocycles. The summed E-state index contributed by atoms with van der Waals surface area (Å²) in [7, 11) is 0. The topological polar surface area (TPSA) is 75.6 Å². The molecule has 0 spiro atoms. The first-order valence-corrected chi connectivity index (χ1v) is 8.17. The number of carboxylic acids is 1. The second-order valence-electron chi connectivity index (χ2n) is 6.63. The quantitative estimate of drug-likeness (QED) is 0.816. The summed E-state index contributed by atoms with van der Waals surface area (Å²) in [4.78, 5) is 23.9. The number of aliphatic carboxylic acids is 1. The number of amides is 1. The van der Waals surface area contributed by atoms with Gasteiger partial charge in [0, 0.05) is 32.0 Å². The highest BCUT2D eigenvalue weighted by atomic mass is 16.5. The Morgan fingerprint density at radius 1 is 1.24 bits per heavy atom. The summed E-state index contributed by atoms with van der Waals surface area (Å²) >= 11 is 0. The zero-order chi connectivity index (χ0) is 15.3. The molecule has 21 heavy (non-hydrogen) atoms. The summed E-state index contributed by atoms with van der Waals surface area (Å²) in [6.45, 7) is 2.70. The zero-order valence-electron chi connectivity index (χ0n) is 12.9. The van der Waals surface area contributed by atoms with Crippen LogP contribution < -0.4 is 5.32 Å². The Labute approximate surface area is 126 Å². The molecule has 1 heterocycles. The summed E-state index contributed by atoms with van der Waals surface area (Å²) in [6.07, 6.45) is 7.81. The lowest BCUT2D eigenvalue weighted by atomic mass is 9.82. The van der Waals surface area contributed by atoms with Crippen molar-refractivity contribution in [3.05, 3.63) is 0 Å². The number of carbonyl (C=O) groups is 2. The molecule has 5 nitrogen and oxygen atoms in total. The number of ether oxygens (including phenoxy) is 1. The number of hydrogen-bond donors (Lipinski definition) is 2. The van der Waals surface area contributed by atoms with Crippen LogP contribution in [0.25, 0.3) is 0 Å². The number of hydrogen-bond acceptors (Lipinski definition) is 3. The normalized spacial score (nSPS) is 24.2. The SMILES string of the molecule is CC(CC1CCCCC1)C(=O)NC1(C(=O)O)CCOCC1. The van der Waals surface area contributed by atoms with Crippen molar-refractivity contribution in [2.75, 3.05) is 13.2 Å². The van der Waals surface area contributed by atoms with Crippen LogP contribution in [0.3, 0.4) is 0 Å². The van der Waals surface area contributed by atoms with Crippen molar-refractivity contribution in [2.24, 2.45) is 11.8 Å². The van der Waals surface area contributed by atoms with Crippen molar-refractivity contribution < 1.29 is 19.4 Å². The molecule has 5 heteroatoms. The van der Waals surface area contributed by atoms with Gasteiger partial charge in [-0.3, -0.25) is 4.79 Å². The van der Waals surface area contributed by atoms with Crippen LogP contribution in [-0.4, -0.2) is 35.7 Å². The largest absolute Gasteiger partial charge is 0.480 e. The van der Waals surface area contributed by atoms with Crippen LogP contribution in [0.2, 0.25) is 0 Å². The fraction of sp³-hybridized carbons (Fsp3) is 0.875. The van der Waals surface area contributed by atoms with Crippen LogP contribution in [-0.2, 0) is 14.3 Å². The second kappa shape index (κ2) is 7.25. The van der Waals surface area contributed by atoms with Crippen molar-refractivity contribution >= 4 is 11.9 Å². The average molecular weight is 297 g/mol. The Hall–Kier alpha value is -1.10. The Kier molecular flexibility index (Phi) is 5.62. The fourth-order valence-electron chi connectivity index (χ4n) is 3.50. The molecular weight excluding hydrogens is 270 g/mol. The molecule has 1 atom stereocenters. The van der Waals surface area contributed by atoms with E-state index in [1.165, 1.54) is 32.1 Å². The molecule has 2 N–H and O–H groups in total. The van der Waals surface area contributed by atoms with Gasteiger partial charge in [0.1, 0.15) is 5.54 Å². The molecule has 0 aromatic rings. The Morgan fingerprint density at radius 2 is 1.86 bits per heavy atom. The summed E-state index contributed by atoms with van der Waals surface area (Å²) < 4.78 is 5.22. The summed E-state index contributed by atoms with van der Waals surface area (Å²) in [5, 5.41) is 12.3. The van der Waals surface area contributed by atoms with Gasteiger partial charge in [-0.2, -0.15) is 0 Å². The number of nitrogens with one attached hydrogen (secondary N) is 1. The highest BCUT2D eigenvalue weighted by Gasteiger charge is 2.42. The first-order chi connectivity index (χ1) is 10.0. The summed E-state index contributed by atoms with van der Waals surface area (Å²) in [6, 6.07) is 0. The van der Waals surface area contributed by atoms with Crippen LogP contribution in [0.1, 0.15) is 58.3 Å². The second-order valence-corrected chi connectivity index (χ2v) is 6.63. The standard InChI is InChI=1S/C16H27NO4/c1-12(11-13-5-3-2-4-6-13)14(18)17-16(15(19)20)7-9-21-10-8-16/h12-13H,2-11H2,1H3,(H,17,18)(H,19,20). The Bertz CT molecular complexity index is 370. The van der Waals surface area contributed by atoms with Gasteiger partial charge in [-0.05, 0) is 12.3 Å². The van der Waals surface area contributed by atoms with Gasteiger partial charge in [-0.25, -0.2) is 4.79 Å². The first kappa shape index (κ1) is 16.3. The average Bonchev–Trinajstić information content (AvgIpc) is 2.49. The van der Waals surface area contributed by atoms with E-state index in [-0.39, 0.29) is 11.8 Å².